The minimum atomic E-state index is -0.904. The van der Waals surface area contributed by atoms with Gasteiger partial charge in [0, 0.05) is 24.1 Å². The number of carboxylic acid groups (broad SMARTS) is 1. The predicted octanol–water partition coefficient (Wildman–Crippen LogP) is 3.41. The van der Waals surface area contributed by atoms with Crippen molar-refractivity contribution in [2.24, 2.45) is 7.05 Å². The van der Waals surface area contributed by atoms with Gasteiger partial charge in [0.1, 0.15) is 5.92 Å². The minimum absolute atomic E-state index is 0.515. The zero-order valence-electron chi connectivity index (χ0n) is 13.8. The van der Waals surface area contributed by atoms with E-state index in [0.29, 0.717) is 17.1 Å². The Bertz CT molecular complexity index is 898. The van der Waals surface area contributed by atoms with Gasteiger partial charge in [0.05, 0.1) is 14.2 Å². The SMILES string of the molecule is COc1ccc(C(C(=O)O)c2cn(C)c3ccccc23)cc1OC. The van der Waals surface area contributed by atoms with Crippen molar-refractivity contribution in [1.82, 2.24) is 4.57 Å². The van der Waals surface area contributed by atoms with Crippen LogP contribution in [0.25, 0.3) is 10.9 Å². The number of carbonyl (C=O) groups is 1. The molecule has 1 atom stereocenters. The lowest BCUT2D eigenvalue weighted by atomic mass is 9.91. The van der Waals surface area contributed by atoms with Crippen LogP contribution in [0.2, 0.25) is 0 Å². The molecule has 0 bridgehead atoms. The van der Waals surface area contributed by atoms with Crippen molar-refractivity contribution in [3.8, 4) is 11.5 Å². The van der Waals surface area contributed by atoms with E-state index in [1.165, 1.54) is 7.11 Å². The van der Waals surface area contributed by atoms with Crippen LogP contribution in [0.1, 0.15) is 17.0 Å². The van der Waals surface area contributed by atoms with E-state index in [0.717, 1.165) is 16.5 Å². The first-order chi connectivity index (χ1) is 11.6. The molecular weight excluding hydrogens is 306 g/mol. The first-order valence-corrected chi connectivity index (χ1v) is 7.55. The van der Waals surface area contributed by atoms with Gasteiger partial charge < -0.3 is 19.1 Å². The van der Waals surface area contributed by atoms with Crippen molar-refractivity contribution in [3.63, 3.8) is 0 Å². The molecule has 24 heavy (non-hydrogen) atoms. The molecule has 0 aliphatic rings. The van der Waals surface area contributed by atoms with Gasteiger partial charge in [-0.2, -0.15) is 0 Å². The van der Waals surface area contributed by atoms with Crippen molar-refractivity contribution in [2.75, 3.05) is 14.2 Å². The highest BCUT2D eigenvalue weighted by atomic mass is 16.5. The van der Waals surface area contributed by atoms with E-state index in [9.17, 15) is 9.90 Å². The summed E-state index contributed by atoms with van der Waals surface area (Å²) in [6.07, 6.45) is 1.88. The molecule has 0 saturated carbocycles. The number of aliphatic carboxylic acids is 1. The summed E-state index contributed by atoms with van der Waals surface area (Å²) in [5.41, 5.74) is 2.41. The van der Waals surface area contributed by atoms with E-state index in [4.69, 9.17) is 9.47 Å². The predicted molar refractivity (Wildman–Crippen MR) is 91.9 cm³/mol. The third-order valence-corrected chi connectivity index (χ3v) is 4.23. The molecule has 0 amide bonds. The topological polar surface area (TPSA) is 60.7 Å². The Morgan fingerprint density at radius 2 is 1.79 bits per heavy atom. The number of methoxy groups -OCH3 is 2. The Balaban J connectivity index is 2.19. The quantitative estimate of drug-likeness (QED) is 0.781. The molecular formula is C19H19NO4. The van der Waals surface area contributed by atoms with Crippen molar-refractivity contribution in [2.45, 2.75) is 5.92 Å². The van der Waals surface area contributed by atoms with Crippen LogP contribution < -0.4 is 9.47 Å². The normalized spacial score (nSPS) is 12.1. The second-order valence-corrected chi connectivity index (χ2v) is 5.60. The average molecular weight is 325 g/mol. The fourth-order valence-electron chi connectivity index (χ4n) is 3.09. The lowest BCUT2D eigenvalue weighted by molar-refractivity contribution is -0.137. The number of hydrogen-bond donors (Lipinski definition) is 1. The lowest BCUT2D eigenvalue weighted by Gasteiger charge is -2.15. The van der Waals surface area contributed by atoms with Crippen LogP contribution in [0.3, 0.4) is 0 Å². The van der Waals surface area contributed by atoms with Crippen LogP contribution in [-0.4, -0.2) is 29.9 Å². The van der Waals surface area contributed by atoms with Gasteiger partial charge in [0.15, 0.2) is 11.5 Å². The maximum Gasteiger partial charge on any atom is 0.315 e. The maximum absolute atomic E-state index is 12.0. The second-order valence-electron chi connectivity index (χ2n) is 5.60. The number of ether oxygens (including phenoxy) is 2. The van der Waals surface area contributed by atoms with Gasteiger partial charge in [-0.05, 0) is 29.3 Å². The molecule has 3 rings (SSSR count). The molecule has 1 heterocycles. The molecule has 2 aromatic carbocycles. The van der Waals surface area contributed by atoms with Crippen LogP contribution in [0, 0.1) is 0 Å². The molecule has 0 aliphatic heterocycles. The van der Waals surface area contributed by atoms with E-state index < -0.39 is 11.9 Å². The third-order valence-electron chi connectivity index (χ3n) is 4.23. The minimum Gasteiger partial charge on any atom is -0.493 e. The number of hydrogen-bond acceptors (Lipinski definition) is 3. The fraction of sp³-hybridized carbons (Fsp3) is 0.211. The molecule has 0 saturated heterocycles. The highest BCUT2D eigenvalue weighted by Crippen LogP contribution is 2.36. The first-order valence-electron chi connectivity index (χ1n) is 7.55. The van der Waals surface area contributed by atoms with E-state index >= 15 is 0 Å². The van der Waals surface area contributed by atoms with Gasteiger partial charge in [-0.25, -0.2) is 0 Å². The zero-order valence-corrected chi connectivity index (χ0v) is 13.8. The summed E-state index contributed by atoms with van der Waals surface area (Å²) in [4.78, 5) is 12.0. The smallest absolute Gasteiger partial charge is 0.315 e. The van der Waals surface area contributed by atoms with Crippen molar-refractivity contribution < 1.29 is 19.4 Å². The summed E-state index contributed by atoms with van der Waals surface area (Å²) < 4.78 is 12.5. The maximum atomic E-state index is 12.0. The Hall–Kier alpha value is -2.95. The van der Waals surface area contributed by atoms with Gasteiger partial charge in [0.2, 0.25) is 0 Å². The molecule has 124 valence electrons. The van der Waals surface area contributed by atoms with E-state index in [1.54, 1.807) is 25.3 Å². The zero-order chi connectivity index (χ0) is 17.3. The Kier molecular flexibility index (Phi) is 4.16. The molecule has 0 spiro atoms. The Morgan fingerprint density at radius 1 is 1.08 bits per heavy atom. The van der Waals surface area contributed by atoms with Crippen LogP contribution in [-0.2, 0) is 11.8 Å². The van der Waals surface area contributed by atoms with E-state index in [2.05, 4.69) is 0 Å². The summed E-state index contributed by atoms with van der Waals surface area (Å²) in [5, 5.41) is 10.8. The number of rotatable bonds is 5. The largest absolute Gasteiger partial charge is 0.493 e. The van der Waals surface area contributed by atoms with Crippen LogP contribution in [0.4, 0.5) is 0 Å². The van der Waals surface area contributed by atoms with Crippen LogP contribution >= 0.6 is 0 Å². The van der Waals surface area contributed by atoms with Gasteiger partial charge in [-0.15, -0.1) is 0 Å². The Morgan fingerprint density at radius 3 is 2.46 bits per heavy atom. The number of nitrogens with zero attached hydrogens (tertiary/aromatic N) is 1. The van der Waals surface area contributed by atoms with Crippen molar-refractivity contribution in [1.29, 1.82) is 0 Å². The number of fused-ring (bicyclic) bond motifs is 1. The van der Waals surface area contributed by atoms with Gasteiger partial charge in [-0.1, -0.05) is 24.3 Å². The molecule has 3 aromatic rings. The molecule has 0 radical (unpaired) electrons. The monoisotopic (exact) mass is 325 g/mol. The molecule has 0 fully saturated rings. The number of aryl methyl sites for hydroxylation is 1. The summed E-state index contributed by atoms with van der Waals surface area (Å²) in [5.74, 6) is -0.598. The summed E-state index contributed by atoms with van der Waals surface area (Å²) >= 11 is 0. The lowest BCUT2D eigenvalue weighted by Crippen LogP contribution is -2.13. The van der Waals surface area contributed by atoms with Crippen molar-refractivity contribution >= 4 is 16.9 Å². The molecule has 1 N–H and O–H groups in total. The third kappa shape index (κ3) is 2.58. The van der Waals surface area contributed by atoms with Crippen LogP contribution in [0.5, 0.6) is 11.5 Å². The second kappa shape index (κ2) is 6.28. The van der Waals surface area contributed by atoms with Crippen LogP contribution in [0.15, 0.2) is 48.7 Å². The highest BCUT2D eigenvalue weighted by molar-refractivity contribution is 5.91. The summed E-state index contributed by atoms with van der Waals surface area (Å²) in [7, 11) is 5.01. The van der Waals surface area contributed by atoms with E-state index in [-0.39, 0.29) is 0 Å². The fourth-order valence-corrected chi connectivity index (χ4v) is 3.09. The van der Waals surface area contributed by atoms with Gasteiger partial charge in [-0.3, -0.25) is 4.79 Å². The summed E-state index contributed by atoms with van der Waals surface area (Å²) in [6, 6.07) is 13.0. The number of benzene rings is 2. The molecule has 0 aliphatic carbocycles. The molecule has 1 unspecified atom stereocenters. The summed E-state index contributed by atoms with van der Waals surface area (Å²) in [6.45, 7) is 0. The standard InChI is InChI=1S/C19H19NO4/c1-20-11-14(13-6-4-5-7-15(13)20)18(19(21)22)12-8-9-16(23-2)17(10-12)24-3/h4-11,18H,1-3H3,(H,21,22). The van der Waals surface area contributed by atoms with Crippen molar-refractivity contribution in [3.05, 3.63) is 59.8 Å². The number of aromatic nitrogens is 1. The number of para-hydroxylation sites is 1. The average Bonchev–Trinajstić information content (AvgIpc) is 2.91. The number of carboxylic acids is 1. The highest BCUT2D eigenvalue weighted by Gasteiger charge is 2.26. The van der Waals surface area contributed by atoms with Gasteiger partial charge in [0.25, 0.3) is 0 Å². The van der Waals surface area contributed by atoms with E-state index in [1.807, 2.05) is 42.1 Å². The molecule has 1 aromatic heterocycles. The molecule has 5 heteroatoms. The van der Waals surface area contributed by atoms with Gasteiger partial charge >= 0.3 is 5.97 Å². The first kappa shape index (κ1) is 15.9. The Labute approximate surface area is 140 Å². The molecule has 5 nitrogen and oxygen atoms in total.